The molecule has 4 heteroatoms. The number of unbranched alkanes of at least 4 members (excludes halogenated alkanes) is 3. The van der Waals surface area contributed by atoms with Crippen LogP contribution in [0.2, 0.25) is 0 Å². The van der Waals surface area contributed by atoms with Crippen molar-refractivity contribution >= 4 is 5.97 Å². The zero-order chi connectivity index (χ0) is 11.4. The topological polar surface area (TPSA) is 58.6 Å². The van der Waals surface area contributed by atoms with E-state index >= 15 is 0 Å². The Balaban J connectivity index is 3.01. The molecule has 0 radical (unpaired) electrons. The summed E-state index contributed by atoms with van der Waals surface area (Å²) in [7, 11) is 0. The predicted octanol–water partition coefficient (Wildman–Crippen LogP) is 1.08. The lowest BCUT2D eigenvalue weighted by Crippen LogP contribution is -2.19. The van der Waals surface area contributed by atoms with Crippen LogP contribution < -0.4 is 5.32 Å². The number of nitrogens with one attached hydrogen (secondary N) is 1. The molecule has 0 heterocycles. The lowest BCUT2D eigenvalue weighted by molar-refractivity contribution is -0.143. The maximum absolute atomic E-state index is 11.0. The van der Waals surface area contributed by atoms with Crippen molar-refractivity contribution in [3.63, 3.8) is 0 Å². The Labute approximate surface area is 92.0 Å². The number of esters is 1. The zero-order valence-electron chi connectivity index (χ0n) is 9.63. The summed E-state index contributed by atoms with van der Waals surface area (Å²) < 4.78 is 4.82. The molecule has 0 aromatic heterocycles. The van der Waals surface area contributed by atoms with E-state index in [2.05, 4.69) is 5.32 Å². The van der Waals surface area contributed by atoms with E-state index in [-0.39, 0.29) is 12.6 Å². The predicted molar refractivity (Wildman–Crippen MR) is 59.7 cm³/mol. The Morgan fingerprint density at radius 3 is 2.60 bits per heavy atom. The number of hydrogen-bond donors (Lipinski definition) is 2. The van der Waals surface area contributed by atoms with Crippen LogP contribution in [0.25, 0.3) is 0 Å². The number of carbonyl (C=O) groups excluding carboxylic acids is 1. The Morgan fingerprint density at radius 2 is 1.93 bits per heavy atom. The summed E-state index contributed by atoms with van der Waals surface area (Å²) in [6, 6.07) is 0. The van der Waals surface area contributed by atoms with Crippen molar-refractivity contribution < 1.29 is 14.6 Å². The van der Waals surface area contributed by atoms with Crippen LogP contribution in [-0.4, -0.2) is 37.4 Å². The standard InChI is InChI=1S/C11H23NO3/c1-2-15-11(14)7-5-3-4-6-8-12-9-10-13/h12-13H,2-10H2,1H3. The van der Waals surface area contributed by atoms with Gasteiger partial charge in [0.25, 0.3) is 0 Å². The van der Waals surface area contributed by atoms with Crippen LogP contribution in [0.4, 0.5) is 0 Å². The summed E-state index contributed by atoms with van der Waals surface area (Å²) in [5.74, 6) is -0.0871. The summed E-state index contributed by atoms with van der Waals surface area (Å²) in [5, 5.41) is 11.6. The van der Waals surface area contributed by atoms with Crippen LogP contribution in [0.3, 0.4) is 0 Å². The van der Waals surface area contributed by atoms with E-state index in [0.29, 0.717) is 19.6 Å². The van der Waals surface area contributed by atoms with Gasteiger partial charge in [-0.05, 0) is 26.3 Å². The van der Waals surface area contributed by atoms with E-state index in [0.717, 1.165) is 32.2 Å². The average molecular weight is 217 g/mol. The second-order valence-electron chi connectivity index (χ2n) is 3.44. The summed E-state index contributed by atoms with van der Waals surface area (Å²) >= 11 is 0. The average Bonchev–Trinajstić information content (AvgIpc) is 2.22. The van der Waals surface area contributed by atoms with Crippen molar-refractivity contribution in [1.29, 1.82) is 0 Å². The Kier molecular flexibility index (Phi) is 11.0. The van der Waals surface area contributed by atoms with Gasteiger partial charge in [0.1, 0.15) is 0 Å². The van der Waals surface area contributed by atoms with Crippen molar-refractivity contribution in [1.82, 2.24) is 5.32 Å². The molecular weight excluding hydrogens is 194 g/mol. The fourth-order valence-corrected chi connectivity index (χ4v) is 1.31. The number of aliphatic hydroxyl groups excluding tert-OH is 1. The number of hydrogen-bond acceptors (Lipinski definition) is 4. The Morgan fingerprint density at radius 1 is 1.20 bits per heavy atom. The van der Waals surface area contributed by atoms with Gasteiger partial charge in [-0.2, -0.15) is 0 Å². The molecular formula is C11H23NO3. The summed E-state index contributed by atoms with van der Waals surface area (Å²) in [5.41, 5.74) is 0. The monoisotopic (exact) mass is 217 g/mol. The van der Waals surface area contributed by atoms with Crippen molar-refractivity contribution in [3.05, 3.63) is 0 Å². The molecule has 0 aliphatic rings. The highest BCUT2D eigenvalue weighted by Gasteiger charge is 2.00. The summed E-state index contributed by atoms with van der Waals surface area (Å²) in [6.07, 6.45) is 4.75. The van der Waals surface area contributed by atoms with Gasteiger partial charge in [0.15, 0.2) is 0 Å². The van der Waals surface area contributed by atoms with E-state index in [1.807, 2.05) is 6.92 Å². The largest absolute Gasteiger partial charge is 0.466 e. The van der Waals surface area contributed by atoms with Gasteiger partial charge < -0.3 is 15.2 Å². The maximum Gasteiger partial charge on any atom is 0.305 e. The molecule has 0 spiro atoms. The van der Waals surface area contributed by atoms with Crippen LogP contribution in [0.15, 0.2) is 0 Å². The van der Waals surface area contributed by atoms with Gasteiger partial charge in [-0.1, -0.05) is 12.8 Å². The molecule has 0 fully saturated rings. The third kappa shape index (κ3) is 11.3. The second-order valence-corrected chi connectivity index (χ2v) is 3.44. The number of aliphatic hydroxyl groups is 1. The zero-order valence-corrected chi connectivity index (χ0v) is 9.63. The van der Waals surface area contributed by atoms with Crippen LogP contribution in [0, 0.1) is 0 Å². The van der Waals surface area contributed by atoms with Crippen molar-refractivity contribution in [2.24, 2.45) is 0 Å². The molecule has 0 aromatic rings. The first-order valence-corrected chi connectivity index (χ1v) is 5.78. The molecule has 0 bridgehead atoms. The van der Waals surface area contributed by atoms with Crippen molar-refractivity contribution in [3.8, 4) is 0 Å². The van der Waals surface area contributed by atoms with Crippen molar-refractivity contribution in [2.45, 2.75) is 39.0 Å². The molecule has 0 unspecified atom stereocenters. The molecule has 0 rings (SSSR count). The van der Waals surface area contributed by atoms with Gasteiger partial charge in [0.05, 0.1) is 13.2 Å². The fraction of sp³-hybridized carbons (Fsp3) is 0.909. The molecule has 0 amide bonds. The van der Waals surface area contributed by atoms with E-state index < -0.39 is 0 Å². The van der Waals surface area contributed by atoms with E-state index in [9.17, 15) is 4.79 Å². The van der Waals surface area contributed by atoms with Gasteiger partial charge in [-0.25, -0.2) is 0 Å². The minimum Gasteiger partial charge on any atom is -0.466 e. The third-order valence-electron chi connectivity index (χ3n) is 2.08. The SMILES string of the molecule is CCOC(=O)CCCCCCNCCO. The van der Waals surface area contributed by atoms with Gasteiger partial charge in [-0.15, -0.1) is 0 Å². The summed E-state index contributed by atoms with van der Waals surface area (Å²) in [6.45, 7) is 4.11. The highest BCUT2D eigenvalue weighted by Crippen LogP contribution is 2.03. The quantitative estimate of drug-likeness (QED) is 0.425. The number of rotatable bonds is 10. The second kappa shape index (κ2) is 11.5. The minimum absolute atomic E-state index is 0.0871. The highest BCUT2D eigenvalue weighted by atomic mass is 16.5. The number of ether oxygens (including phenoxy) is 1. The lowest BCUT2D eigenvalue weighted by Gasteiger charge is -2.03. The van der Waals surface area contributed by atoms with Gasteiger partial charge in [0, 0.05) is 13.0 Å². The molecule has 0 aliphatic heterocycles. The van der Waals surface area contributed by atoms with Crippen LogP contribution in [-0.2, 0) is 9.53 Å². The Hall–Kier alpha value is -0.610. The maximum atomic E-state index is 11.0. The van der Waals surface area contributed by atoms with E-state index in [1.54, 1.807) is 0 Å². The first-order chi connectivity index (χ1) is 7.31. The van der Waals surface area contributed by atoms with Gasteiger partial charge in [-0.3, -0.25) is 4.79 Å². The van der Waals surface area contributed by atoms with Crippen LogP contribution in [0.1, 0.15) is 39.0 Å². The molecule has 0 aromatic carbocycles. The van der Waals surface area contributed by atoms with Crippen LogP contribution in [0.5, 0.6) is 0 Å². The fourth-order valence-electron chi connectivity index (χ4n) is 1.31. The molecule has 0 saturated heterocycles. The Bertz CT molecular complexity index is 151. The third-order valence-corrected chi connectivity index (χ3v) is 2.08. The molecule has 90 valence electrons. The smallest absolute Gasteiger partial charge is 0.305 e. The first-order valence-electron chi connectivity index (χ1n) is 5.78. The van der Waals surface area contributed by atoms with Crippen molar-refractivity contribution in [2.75, 3.05) is 26.3 Å². The highest BCUT2D eigenvalue weighted by molar-refractivity contribution is 5.69. The number of carbonyl (C=O) groups is 1. The van der Waals surface area contributed by atoms with Gasteiger partial charge >= 0.3 is 5.97 Å². The summed E-state index contributed by atoms with van der Waals surface area (Å²) in [4.78, 5) is 11.0. The first kappa shape index (κ1) is 14.4. The molecule has 15 heavy (non-hydrogen) atoms. The van der Waals surface area contributed by atoms with E-state index in [1.165, 1.54) is 0 Å². The molecule has 0 atom stereocenters. The van der Waals surface area contributed by atoms with E-state index in [4.69, 9.17) is 9.84 Å². The molecule has 2 N–H and O–H groups in total. The molecule has 4 nitrogen and oxygen atoms in total. The minimum atomic E-state index is -0.0871. The van der Waals surface area contributed by atoms with Gasteiger partial charge in [0.2, 0.25) is 0 Å². The molecule has 0 aliphatic carbocycles. The lowest BCUT2D eigenvalue weighted by atomic mass is 10.1. The van der Waals surface area contributed by atoms with Crippen LogP contribution >= 0.6 is 0 Å². The molecule has 0 saturated carbocycles. The normalized spacial score (nSPS) is 10.3.